The molecule has 36 heavy (non-hydrogen) atoms. The molecule has 0 aliphatic heterocycles. The van der Waals surface area contributed by atoms with Crippen molar-refractivity contribution >= 4 is 43.3 Å². The molecule has 0 spiro atoms. The fourth-order valence-corrected chi connectivity index (χ4v) is 6.47. The second-order valence-electron chi connectivity index (χ2n) is 11.2. The molecule has 0 bridgehead atoms. The molecule has 6 aromatic rings. The number of aromatic nitrogens is 1. The van der Waals surface area contributed by atoms with Crippen LogP contribution in [0.2, 0.25) is 0 Å². The van der Waals surface area contributed by atoms with E-state index in [0.717, 1.165) is 34.3 Å². The number of furan rings is 1. The fourth-order valence-electron chi connectivity index (χ4n) is 5.15. The molecule has 0 saturated carbocycles. The van der Waals surface area contributed by atoms with Gasteiger partial charge >= 0.3 is 0 Å². The minimum Gasteiger partial charge on any atom is -0.462 e. The zero-order chi connectivity index (χ0) is 25.0. The third-order valence-corrected chi connectivity index (χ3v) is 7.99. The number of hydrogen-bond acceptors (Lipinski definition) is 3. The highest BCUT2D eigenvalue weighted by molar-refractivity contribution is 7.19. The van der Waals surface area contributed by atoms with Gasteiger partial charge in [0.15, 0.2) is 5.58 Å². The molecule has 0 aliphatic carbocycles. The fraction of sp³-hybridized carbons (Fsp3) is 0.242. The van der Waals surface area contributed by atoms with Gasteiger partial charge < -0.3 is 4.42 Å². The largest absolute Gasteiger partial charge is 0.462 e. The van der Waals surface area contributed by atoms with Crippen molar-refractivity contribution in [2.24, 2.45) is 5.92 Å². The standard InChI is InChI=1S/C33H31NOS/c1-20(2)14-25-16-23-11-10-22(18-31(23)36-25)27-19-30(34-29-12-13-35-32(27)29)24-15-21-8-6-7-9-26(21)28(17-24)33(3,4)5/h6-13,15-20H,14H2,1-5H3. The summed E-state index contributed by atoms with van der Waals surface area (Å²) in [7, 11) is 0. The van der Waals surface area contributed by atoms with Crippen LogP contribution in [-0.4, -0.2) is 4.98 Å². The quantitative estimate of drug-likeness (QED) is 0.246. The lowest BCUT2D eigenvalue weighted by Gasteiger charge is -2.23. The SMILES string of the molecule is CC(C)Cc1cc2ccc(-c3cc(-c4cc(C(C)(C)C)c5ccccc5c4)nc4ccoc34)cc2s1. The number of thiophene rings is 1. The van der Waals surface area contributed by atoms with E-state index in [9.17, 15) is 0 Å². The third kappa shape index (κ3) is 4.12. The maximum Gasteiger partial charge on any atom is 0.160 e. The lowest BCUT2D eigenvalue weighted by Crippen LogP contribution is -2.12. The topological polar surface area (TPSA) is 26.0 Å². The second kappa shape index (κ2) is 8.60. The molecule has 6 rings (SSSR count). The van der Waals surface area contributed by atoms with Gasteiger partial charge in [-0.15, -0.1) is 11.3 Å². The van der Waals surface area contributed by atoms with Crippen LogP contribution in [0.25, 0.3) is 54.3 Å². The molecule has 0 amide bonds. The van der Waals surface area contributed by atoms with Gasteiger partial charge in [-0.05, 0) is 75.4 Å². The molecule has 3 aromatic carbocycles. The van der Waals surface area contributed by atoms with Crippen LogP contribution in [0.4, 0.5) is 0 Å². The smallest absolute Gasteiger partial charge is 0.160 e. The predicted molar refractivity (Wildman–Crippen MR) is 155 cm³/mol. The van der Waals surface area contributed by atoms with Crippen LogP contribution < -0.4 is 0 Å². The Hall–Kier alpha value is -3.43. The summed E-state index contributed by atoms with van der Waals surface area (Å²) in [6.45, 7) is 11.4. The van der Waals surface area contributed by atoms with Crippen molar-refractivity contribution in [3.05, 3.63) is 89.5 Å². The average molecular weight is 490 g/mol. The third-order valence-electron chi connectivity index (χ3n) is 6.87. The second-order valence-corrected chi connectivity index (χ2v) is 12.4. The zero-order valence-electron chi connectivity index (χ0n) is 21.6. The Morgan fingerprint density at radius 1 is 0.861 bits per heavy atom. The highest BCUT2D eigenvalue weighted by Gasteiger charge is 2.20. The first-order valence-electron chi connectivity index (χ1n) is 12.7. The van der Waals surface area contributed by atoms with Crippen LogP contribution in [0.15, 0.2) is 83.5 Å². The highest BCUT2D eigenvalue weighted by Crippen LogP contribution is 2.39. The molecule has 180 valence electrons. The molecule has 3 heterocycles. The first kappa shape index (κ1) is 23.0. The lowest BCUT2D eigenvalue weighted by molar-refractivity contribution is 0.596. The number of hydrogen-bond donors (Lipinski definition) is 0. The molecular weight excluding hydrogens is 458 g/mol. The van der Waals surface area contributed by atoms with E-state index in [1.165, 1.54) is 36.9 Å². The molecule has 0 atom stereocenters. The van der Waals surface area contributed by atoms with Gasteiger partial charge in [0.25, 0.3) is 0 Å². The molecule has 3 heteroatoms. The molecule has 0 radical (unpaired) electrons. The summed E-state index contributed by atoms with van der Waals surface area (Å²) in [4.78, 5) is 6.48. The van der Waals surface area contributed by atoms with Gasteiger partial charge in [-0.3, -0.25) is 0 Å². The first-order chi connectivity index (χ1) is 17.3. The normalized spacial score (nSPS) is 12.4. The predicted octanol–water partition coefficient (Wildman–Crippen LogP) is 10.0. The summed E-state index contributed by atoms with van der Waals surface area (Å²) >= 11 is 1.90. The van der Waals surface area contributed by atoms with Crippen molar-refractivity contribution in [2.75, 3.05) is 0 Å². The van der Waals surface area contributed by atoms with Crippen molar-refractivity contribution in [1.82, 2.24) is 4.98 Å². The maximum absolute atomic E-state index is 5.95. The van der Waals surface area contributed by atoms with Gasteiger partial charge in [-0.25, -0.2) is 4.98 Å². The van der Waals surface area contributed by atoms with Crippen LogP contribution >= 0.6 is 11.3 Å². The van der Waals surface area contributed by atoms with Gasteiger partial charge in [0.05, 0.1) is 12.0 Å². The number of fused-ring (bicyclic) bond motifs is 3. The number of nitrogens with zero attached hydrogens (tertiary/aromatic N) is 1. The molecule has 0 saturated heterocycles. The molecule has 0 fully saturated rings. The first-order valence-corrected chi connectivity index (χ1v) is 13.5. The maximum atomic E-state index is 5.95. The van der Waals surface area contributed by atoms with Crippen LogP contribution in [0.1, 0.15) is 45.1 Å². The van der Waals surface area contributed by atoms with Gasteiger partial charge in [0.2, 0.25) is 0 Å². The summed E-state index contributed by atoms with van der Waals surface area (Å²) in [5, 5.41) is 3.86. The summed E-state index contributed by atoms with van der Waals surface area (Å²) < 4.78 is 7.27. The van der Waals surface area contributed by atoms with Crippen molar-refractivity contribution in [3.8, 4) is 22.4 Å². The minimum atomic E-state index is 0.0239. The monoisotopic (exact) mass is 489 g/mol. The van der Waals surface area contributed by atoms with E-state index in [1.54, 1.807) is 6.26 Å². The molecule has 3 aromatic heterocycles. The Balaban J connectivity index is 1.54. The van der Waals surface area contributed by atoms with E-state index in [1.807, 2.05) is 17.4 Å². The van der Waals surface area contributed by atoms with Gasteiger partial charge in [0.1, 0.15) is 5.52 Å². The van der Waals surface area contributed by atoms with E-state index >= 15 is 0 Å². The van der Waals surface area contributed by atoms with E-state index < -0.39 is 0 Å². The summed E-state index contributed by atoms with van der Waals surface area (Å²) in [6, 6.07) is 26.5. The van der Waals surface area contributed by atoms with E-state index in [2.05, 4.69) is 101 Å². The Morgan fingerprint density at radius 3 is 2.50 bits per heavy atom. The Kier molecular flexibility index (Phi) is 5.49. The van der Waals surface area contributed by atoms with Crippen LogP contribution in [0, 0.1) is 5.92 Å². The molecule has 0 unspecified atom stereocenters. The Labute approximate surface area is 216 Å². The van der Waals surface area contributed by atoms with Crippen molar-refractivity contribution in [1.29, 1.82) is 0 Å². The van der Waals surface area contributed by atoms with E-state index in [-0.39, 0.29) is 5.41 Å². The van der Waals surface area contributed by atoms with Crippen molar-refractivity contribution in [2.45, 2.75) is 46.5 Å². The Morgan fingerprint density at radius 2 is 1.69 bits per heavy atom. The van der Waals surface area contributed by atoms with Gasteiger partial charge in [-0.1, -0.05) is 71.0 Å². The van der Waals surface area contributed by atoms with Crippen molar-refractivity contribution in [3.63, 3.8) is 0 Å². The molecule has 2 nitrogen and oxygen atoms in total. The zero-order valence-corrected chi connectivity index (χ0v) is 22.4. The van der Waals surface area contributed by atoms with Crippen LogP contribution in [0.5, 0.6) is 0 Å². The van der Waals surface area contributed by atoms with Gasteiger partial charge in [-0.2, -0.15) is 0 Å². The number of pyridine rings is 1. The summed E-state index contributed by atoms with van der Waals surface area (Å²) in [5.74, 6) is 0.656. The summed E-state index contributed by atoms with van der Waals surface area (Å²) in [5.41, 5.74) is 7.46. The minimum absolute atomic E-state index is 0.0239. The summed E-state index contributed by atoms with van der Waals surface area (Å²) in [6.07, 6.45) is 2.87. The Bertz CT molecular complexity index is 1730. The number of rotatable bonds is 4. The van der Waals surface area contributed by atoms with Crippen molar-refractivity contribution < 1.29 is 4.42 Å². The lowest BCUT2D eigenvalue weighted by atomic mass is 9.82. The average Bonchev–Trinajstić information content (AvgIpc) is 3.47. The molecular formula is C33H31NOS. The van der Waals surface area contributed by atoms with Crippen LogP contribution in [-0.2, 0) is 11.8 Å². The van der Waals surface area contributed by atoms with Crippen LogP contribution in [0.3, 0.4) is 0 Å². The van der Waals surface area contributed by atoms with E-state index in [4.69, 9.17) is 9.40 Å². The van der Waals surface area contributed by atoms with Gasteiger partial charge in [0, 0.05) is 26.8 Å². The highest BCUT2D eigenvalue weighted by atomic mass is 32.1. The van der Waals surface area contributed by atoms with E-state index in [0.29, 0.717) is 5.92 Å². The number of benzene rings is 3. The molecule has 0 N–H and O–H groups in total. The molecule has 0 aliphatic rings.